The molecule has 0 heterocycles. The average Bonchev–Trinajstić information content (AvgIpc) is 2.32. The maximum atomic E-state index is 12.5. The largest absolute Gasteiger partial charge is 0.461 e. The first-order valence-electron chi connectivity index (χ1n) is 7.68. The van der Waals surface area contributed by atoms with Crippen LogP contribution in [0, 0.1) is 0 Å². The van der Waals surface area contributed by atoms with E-state index in [9.17, 15) is 9.59 Å². The van der Waals surface area contributed by atoms with Gasteiger partial charge < -0.3 is 14.2 Å². The number of ether oxygens (including phenoxy) is 3. The molecule has 0 spiro atoms. The molecule has 1 atom stereocenters. The van der Waals surface area contributed by atoms with Crippen molar-refractivity contribution in [2.45, 2.75) is 78.6 Å². The number of rotatable bonds is 7. The highest BCUT2D eigenvalue weighted by molar-refractivity contribution is 5.85. The molecule has 0 radical (unpaired) electrons. The normalized spacial score (nSPS) is 14.4. The first-order chi connectivity index (χ1) is 9.97. The molecule has 130 valence electrons. The Kier molecular flexibility index (Phi) is 7.87. The van der Waals surface area contributed by atoms with Crippen LogP contribution in [0.2, 0.25) is 0 Å². The predicted octanol–water partition coefficient (Wildman–Crippen LogP) is 3.34. The van der Waals surface area contributed by atoms with Crippen molar-refractivity contribution in [2.75, 3.05) is 13.8 Å². The van der Waals surface area contributed by atoms with Crippen LogP contribution in [0.4, 0.5) is 4.79 Å². The van der Waals surface area contributed by atoms with E-state index in [1.807, 2.05) is 6.92 Å². The summed E-state index contributed by atoms with van der Waals surface area (Å²) in [5, 5.41) is 0. The lowest BCUT2D eigenvalue weighted by Gasteiger charge is -2.39. The second-order valence-corrected chi connectivity index (χ2v) is 6.80. The zero-order chi connectivity index (χ0) is 17.6. The van der Waals surface area contributed by atoms with Crippen LogP contribution in [0.25, 0.3) is 0 Å². The van der Waals surface area contributed by atoms with Crippen molar-refractivity contribution in [1.29, 1.82) is 0 Å². The molecule has 22 heavy (non-hydrogen) atoms. The summed E-state index contributed by atoms with van der Waals surface area (Å²) in [6, 6.07) is 0. The van der Waals surface area contributed by atoms with E-state index in [0.29, 0.717) is 12.8 Å². The van der Waals surface area contributed by atoms with Crippen LogP contribution in [-0.4, -0.2) is 48.0 Å². The zero-order valence-electron chi connectivity index (χ0n) is 15.2. The van der Waals surface area contributed by atoms with E-state index in [-0.39, 0.29) is 12.8 Å². The van der Waals surface area contributed by atoms with Crippen LogP contribution < -0.4 is 0 Å². The van der Waals surface area contributed by atoms with Crippen LogP contribution in [0.15, 0.2) is 0 Å². The van der Waals surface area contributed by atoms with Crippen molar-refractivity contribution in [3.05, 3.63) is 0 Å². The highest BCUT2D eigenvalue weighted by Gasteiger charge is 2.45. The number of carbonyl (C=O) groups is 2. The number of amides is 1. The van der Waals surface area contributed by atoms with Gasteiger partial charge in [-0.25, -0.2) is 9.59 Å². The van der Waals surface area contributed by atoms with Gasteiger partial charge in [0, 0.05) is 7.11 Å². The monoisotopic (exact) mass is 317 g/mol. The van der Waals surface area contributed by atoms with Crippen LogP contribution in [0.5, 0.6) is 0 Å². The van der Waals surface area contributed by atoms with E-state index in [4.69, 9.17) is 14.2 Å². The molecule has 0 aliphatic carbocycles. The van der Waals surface area contributed by atoms with Gasteiger partial charge in [-0.1, -0.05) is 13.3 Å². The Hall–Kier alpha value is -1.30. The van der Waals surface area contributed by atoms with Gasteiger partial charge in [0.15, 0.2) is 0 Å². The minimum absolute atomic E-state index is 0.0430. The van der Waals surface area contributed by atoms with E-state index in [0.717, 1.165) is 0 Å². The predicted molar refractivity (Wildman–Crippen MR) is 84.5 cm³/mol. The first kappa shape index (κ1) is 20.7. The third-order valence-corrected chi connectivity index (χ3v) is 2.99. The van der Waals surface area contributed by atoms with E-state index < -0.39 is 23.2 Å². The van der Waals surface area contributed by atoms with Crippen molar-refractivity contribution in [3.8, 4) is 0 Å². The molecule has 0 aliphatic heterocycles. The molecule has 6 nitrogen and oxygen atoms in total. The molecular weight excluding hydrogens is 286 g/mol. The molecule has 0 fully saturated rings. The smallest absolute Gasteiger partial charge is 0.413 e. The van der Waals surface area contributed by atoms with E-state index >= 15 is 0 Å². The number of carbonyl (C=O) groups excluding carboxylic acids is 2. The molecular formula is C16H31NO5. The quantitative estimate of drug-likeness (QED) is 0.532. The third-order valence-electron chi connectivity index (χ3n) is 2.99. The molecule has 0 aliphatic rings. The second kappa shape index (κ2) is 8.36. The standard InChI is InChI=1S/C16H31NO5/c1-9-10-16(7,13(18)21-12(2)3)17(11-20-8)14(19)22-15(4,5)6/h12H,9-11H2,1-8H3/t16-/m0/s1. The van der Waals surface area contributed by atoms with E-state index in [1.165, 1.54) is 12.0 Å². The first-order valence-corrected chi connectivity index (χ1v) is 7.68. The maximum Gasteiger partial charge on any atom is 0.413 e. The number of methoxy groups -OCH3 is 1. The lowest BCUT2D eigenvalue weighted by molar-refractivity contribution is -0.164. The van der Waals surface area contributed by atoms with Crippen molar-refractivity contribution in [2.24, 2.45) is 0 Å². The topological polar surface area (TPSA) is 65.1 Å². The summed E-state index contributed by atoms with van der Waals surface area (Å²) in [6.07, 6.45) is 0.325. The molecule has 0 aromatic rings. The highest BCUT2D eigenvalue weighted by Crippen LogP contribution is 2.26. The van der Waals surface area contributed by atoms with Gasteiger partial charge in [-0.15, -0.1) is 0 Å². The number of nitrogens with zero attached hydrogens (tertiary/aromatic N) is 1. The molecule has 0 rings (SSSR count). The lowest BCUT2D eigenvalue weighted by atomic mass is 9.94. The maximum absolute atomic E-state index is 12.5. The number of hydrogen-bond donors (Lipinski definition) is 0. The third kappa shape index (κ3) is 6.22. The number of esters is 1. The summed E-state index contributed by atoms with van der Waals surface area (Å²) < 4.78 is 15.8. The Labute approximate surface area is 134 Å². The summed E-state index contributed by atoms with van der Waals surface area (Å²) in [7, 11) is 1.47. The summed E-state index contributed by atoms with van der Waals surface area (Å²) in [4.78, 5) is 26.3. The van der Waals surface area contributed by atoms with Gasteiger partial charge in [-0.2, -0.15) is 0 Å². The van der Waals surface area contributed by atoms with Gasteiger partial charge in [0.1, 0.15) is 17.9 Å². The molecule has 0 aromatic heterocycles. The van der Waals surface area contributed by atoms with Crippen LogP contribution in [0.1, 0.15) is 61.3 Å². The molecule has 6 heteroatoms. The van der Waals surface area contributed by atoms with E-state index in [1.54, 1.807) is 41.5 Å². The summed E-state index contributed by atoms with van der Waals surface area (Å²) in [5.74, 6) is -0.452. The fourth-order valence-corrected chi connectivity index (χ4v) is 2.02. The second-order valence-electron chi connectivity index (χ2n) is 6.80. The van der Waals surface area contributed by atoms with Gasteiger partial charge >= 0.3 is 12.1 Å². The fourth-order valence-electron chi connectivity index (χ4n) is 2.02. The van der Waals surface area contributed by atoms with Crippen molar-refractivity contribution < 1.29 is 23.8 Å². The lowest BCUT2D eigenvalue weighted by Crippen LogP contribution is -2.57. The van der Waals surface area contributed by atoms with Gasteiger partial charge in [-0.3, -0.25) is 4.90 Å². The Morgan fingerprint density at radius 2 is 1.68 bits per heavy atom. The van der Waals surface area contributed by atoms with Crippen LogP contribution in [0.3, 0.4) is 0 Å². The fraction of sp³-hybridized carbons (Fsp3) is 0.875. The number of hydrogen-bond acceptors (Lipinski definition) is 5. The SMILES string of the molecule is CCC[C@@](C)(C(=O)OC(C)C)N(COC)C(=O)OC(C)(C)C. The molecule has 0 saturated heterocycles. The Bertz CT molecular complexity index is 375. The molecule has 0 N–H and O–H groups in total. The van der Waals surface area contributed by atoms with Gasteiger partial charge in [0.05, 0.1) is 6.10 Å². The highest BCUT2D eigenvalue weighted by atomic mass is 16.6. The molecule has 0 aromatic carbocycles. The minimum atomic E-state index is -1.13. The molecule has 0 saturated carbocycles. The Morgan fingerprint density at radius 1 is 1.14 bits per heavy atom. The molecule has 0 unspecified atom stereocenters. The average molecular weight is 317 g/mol. The van der Waals surface area contributed by atoms with Crippen LogP contribution >= 0.6 is 0 Å². The molecule has 1 amide bonds. The van der Waals surface area contributed by atoms with Gasteiger partial charge in [-0.05, 0) is 48.0 Å². The molecule has 0 bridgehead atoms. The van der Waals surface area contributed by atoms with E-state index in [2.05, 4.69) is 0 Å². The Morgan fingerprint density at radius 3 is 2.05 bits per heavy atom. The van der Waals surface area contributed by atoms with Crippen molar-refractivity contribution >= 4 is 12.1 Å². The minimum Gasteiger partial charge on any atom is -0.461 e. The Balaban J connectivity index is 5.49. The van der Waals surface area contributed by atoms with Crippen molar-refractivity contribution in [3.63, 3.8) is 0 Å². The summed E-state index contributed by atoms with van der Waals surface area (Å²) >= 11 is 0. The van der Waals surface area contributed by atoms with Crippen molar-refractivity contribution in [1.82, 2.24) is 4.90 Å². The summed E-state index contributed by atoms with van der Waals surface area (Å²) in [5.41, 5.74) is -1.78. The summed E-state index contributed by atoms with van der Waals surface area (Å²) in [6.45, 7) is 12.5. The van der Waals surface area contributed by atoms with Crippen LogP contribution in [-0.2, 0) is 19.0 Å². The zero-order valence-corrected chi connectivity index (χ0v) is 15.2. The van der Waals surface area contributed by atoms with Gasteiger partial charge in [0.25, 0.3) is 0 Å². The van der Waals surface area contributed by atoms with Gasteiger partial charge in [0.2, 0.25) is 0 Å².